The van der Waals surface area contributed by atoms with Crippen LogP contribution in [-0.4, -0.2) is 35.0 Å². The molecule has 1 aromatic heterocycles. The highest BCUT2D eigenvalue weighted by molar-refractivity contribution is 6.61. The van der Waals surface area contributed by atoms with Gasteiger partial charge >= 0.3 is 13.2 Å². The lowest BCUT2D eigenvalue weighted by molar-refractivity contribution is 0.00578. The zero-order valence-electron chi connectivity index (χ0n) is 15.8. The molecule has 1 saturated heterocycles. The minimum absolute atomic E-state index is 0.417. The Balaban J connectivity index is 2.13. The minimum atomic E-state index is -0.546. The van der Waals surface area contributed by atoms with Crippen molar-refractivity contribution in [2.75, 3.05) is 5.32 Å². The summed E-state index contributed by atoms with van der Waals surface area (Å²) >= 11 is 0. The van der Waals surface area contributed by atoms with E-state index in [1.54, 1.807) is 6.20 Å². The van der Waals surface area contributed by atoms with Gasteiger partial charge in [-0.1, -0.05) is 0 Å². The molecule has 1 fully saturated rings. The van der Waals surface area contributed by atoms with Gasteiger partial charge in [0, 0.05) is 0 Å². The highest BCUT2D eigenvalue weighted by Crippen LogP contribution is 2.36. The number of carbonyl (C=O) groups is 1. The van der Waals surface area contributed by atoms with Gasteiger partial charge < -0.3 is 14.0 Å². The Morgan fingerprint density at radius 3 is 2.21 bits per heavy atom. The van der Waals surface area contributed by atoms with Crippen LogP contribution in [0.15, 0.2) is 12.3 Å². The van der Waals surface area contributed by atoms with Crippen molar-refractivity contribution in [3.8, 4) is 0 Å². The molecule has 1 aliphatic rings. The molecule has 0 unspecified atom stereocenters. The first-order valence-corrected chi connectivity index (χ1v) is 8.13. The maximum atomic E-state index is 11.8. The summed E-state index contributed by atoms with van der Waals surface area (Å²) in [5, 5.41) is 2.68. The van der Waals surface area contributed by atoms with Crippen LogP contribution >= 0.6 is 0 Å². The quantitative estimate of drug-likeness (QED) is 0.842. The van der Waals surface area contributed by atoms with Crippen LogP contribution in [0.3, 0.4) is 0 Å². The molecule has 0 bridgehead atoms. The van der Waals surface area contributed by atoms with Crippen LogP contribution in [0.4, 0.5) is 10.5 Å². The zero-order valence-corrected chi connectivity index (χ0v) is 15.8. The van der Waals surface area contributed by atoms with E-state index in [0.29, 0.717) is 11.3 Å². The average Bonchev–Trinajstić information content (AvgIpc) is 2.55. The Morgan fingerprint density at radius 1 is 1.21 bits per heavy atom. The second kappa shape index (κ2) is 6.04. The van der Waals surface area contributed by atoms with Crippen LogP contribution in [0, 0.1) is 6.92 Å². The summed E-state index contributed by atoms with van der Waals surface area (Å²) in [7, 11) is -0.523. The smallest absolute Gasteiger partial charge is 0.444 e. The Hall–Kier alpha value is -1.60. The first-order valence-electron chi connectivity index (χ1n) is 8.13. The van der Waals surface area contributed by atoms with Crippen LogP contribution in [0.2, 0.25) is 0 Å². The van der Waals surface area contributed by atoms with Crippen molar-refractivity contribution < 1.29 is 18.8 Å². The molecule has 1 aromatic rings. The number of anilines is 1. The van der Waals surface area contributed by atoms with Crippen molar-refractivity contribution in [2.45, 2.75) is 72.2 Å². The number of hydrogen-bond donors (Lipinski definition) is 1. The molecule has 0 atom stereocenters. The predicted octanol–water partition coefficient (Wildman–Crippen LogP) is 3.04. The number of nitrogens with zero attached hydrogens (tertiary/aromatic N) is 1. The Labute approximate surface area is 144 Å². The van der Waals surface area contributed by atoms with E-state index in [9.17, 15) is 4.79 Å². The second-order valence-corrected chi connectivity index (χ2v) is 8.14. The van der Waals surface area contributed by atoms with Gasteiger partial charge in [-0.25, -0.2) is 4.79 Å². The Kier molecular flexibility index (Phi) is 4.72. The number of rotatable bonds is 2. The van der Waals surface area contributed by atoms with Gasteiger partial charge in [0.1, 0.15) is 5.60 Å². The van der Waals surface area contributed by atoms with Crippen molar-refractivity contribution >= 4 is 24.5 Å². The standard InChI is InChI=1S/C17H27BN2O4/c1-11-9-12(20-14(21)22-15(2,3)4)10-19-13(11)18-23-16(5,6)17(7,8)24-18/h9-10H,1-8H3,(H,20,21). The summed E-state index contributed by atoms with van der Waals surface area (Å²) in [6, 6.07) is 1.83. The maximum absolute atomic E-state index is 11.8. The molecule has 132 valence electrons. The highest BCUT2D eigenvalue weighted by atomic mass is 16.7. The van der Waals surface area contributed by atoms with Crippen LogP contribution in [0.5, 0.6) is 0 Å². The third-order valence-electron chi connectivity index (χ3n) is 4.24. The topological polar surface area (TPSA) is 69.7 Å². The van der Waals surface area contributed by atoms with E-state index in [-0.39, 0.29) is 0 Å². The molecular formula is C17H27BN2O4. The minimum Gasteiger partial charge on any atom is -0.444 e. The molecule has 0 aliphatic carbocycles. The average molecular weight is 334 g/mol. The number of ether oxygens (including phenoxy) is 1. The molecule has 2 rings (SSSR count). The first-order chi connectivity index (χ1) is 10.8. The molecule has 1 amide bonds. The lowest BCUT2D eigenvalue weighted by Gasteiger charge is -2.32. The van der Waals surface area contributed by atoms with Gasteiger partial charge in [-0.2, -0.15) is 0 Å². The lowest BCUT2D eigenvalue weighted by atomic mass is 9.81. The van der Waals surface area contributed by atoms with E-state index >= 15 is 0 Å². The number of carbonyl (C=O) groups excluding carboxylic acids is 1. The molecule has 2 heterocycles. The van der Waals surface area contributed by atoms with Crippen LogP contribution < -0.4 is 10.9 Å². The van der Waals surface area contributed by atoms with Crippen molar-refractivity contribution in [3.63, 3.8) is 0 Å². The maximum Gasteiger partial charge on any atom is 0.514 e. The number of aryl methyl sites for hydroxylation is 1. The largest absolute Gasteiger partial charge is 0.514 e. The molecular weight excluding hydrogens is 307 g/mol. The number of pyridine rings is 1. The molecule has 24 heavy (non-hydrogen) atoms. The summed E-state index contributed by atoms with van der Waals surface area (Å²) in [4.78, 5) is 16.3. The number of aromatic nitrogens is 1. The SMILES string of the molecule is Cc1cc(NC(=O)OC(C)(C)C)cnc1B1OC(C)(C)C(C)(C)O1. The molecule has 7 heteroatoms. The number of nitrogens with one attached hydrogen (secondary N) is 1. The normalized spacial score (nSPS) is 19.2. The summed E-state index contributed by atoms with van der Waals surface area (Å²) in [5.74, 6) is 0. The molecule has 0 aromatic carbocycles. The molecule has 1 N–H and O–H groups in total. The zero-order chi connectivity index (χ0) is 18.3. The molecule has 6 nitrogen and oxygen atoms in total. The van der Waals surface area contributed by atoms with Crippen molar-refractivity contribution in [2.24, 2.45) is 0 Å². The van der Waals surface area contributed by atoms with Crippen molar-refractivity contribution in [1.29, 1.82) is 0 Å². The van der Waals surface area contributed by atoms with Crippen LogP contribution in [-0.2, 0) is 14.0 Å². The van der Waals surface area contributed by atoms with Gasteiger partial charge in [0.2, 0.25) is 0 Å². The van der Waals surface area contributed by atoms with Crippen LogP contribution in [0.1, 0.15) is 54.0 Å². The third kappa shape index (κ3) is 4.08. The van der Waals surface area contributed by atoms with E-state index in [2.05, 4.69) is 10.3 Å². The molecule has 0 saturated carbocycles. The fourth-order valence-electron chi connectivity index (χ4n) is 2.28. The van der Waals surface area contributed by atoms with E-state index in [0.717, 1.165) is 5.56 Å². The summed E-state index contributed by atoms with van der Waals surface area (Å²) < 4.78 is 17.3. The fourth-order valence-corrected chi connectivity index (χ4v) is 2.28. The number of amides is 1. The fraction of sp³-hybridized carbons (Fsp3) is 0.647. The van der Waals surface area contributed by atoms with Crippen molar-refractivity contribution in [3.05, 3.63) is 17.8 Å². The van der Waals surface area contributed by atoms with E-state index in [1.165, 1.54) is 0 Å². The van der Waals surface area contributed by atoms with Crippen LogP contribution in [0.25, 0.3) is 0 Å². The first kappa shape index (κ1) is 18.7. The molecule has 1 aliphatic heterocycles. The third-order valence-corrected chi connectivity index (χ3v) is 4.24. The van der Waals surface area contributed by atoms with Gasteiger partial charge in [0.25, 0.3) is 0 Å². The van der Waals surface area contributed by atoms with Gasteiger partial charge in [-0.3, -0.25) is 10.3 Å². The summed E-state index contributed by atoms with van der Waals surface area (Å²) in [6.45, 7) is 15.4. The molecule has 0 spiro atoms. The molecule has 0 radical (unpaired) electrons. The van der Waals surface area contributed by atoms with E-state index in [1.807, 2.05) is 61.5 Å². The highest BCUT2D eigenvalue weighted by Gasteiger charge is 2.52. The number of hydrogen-bond acceptors (Lipinski definition) is 5. The Bertz CT molecular complexity index is 622. The van der Waals surface area contributed by atoms with Gasteiger partial charge in [0.05, 0.1) is 28.7 Å². The van der Waals surface area contributed by atoms with Gasteiger partial charge in [0.15, 0.2) is 0 Å². The van der Waals surface area contributed by atoms with E-state index < -0.39 is 30.0 Å². The summed E-state index contributed by atoms with van der Waals surface area (Å²) in [6.07, 6.45) is 1.07. The van der Waals surface area contributed by atoms with E-state index in [4.69, 9.17) is 14.0 Å². The monoisotopic (exact) mass is 334 g/mol. The second-order valence-electron chi connectivity index (χ2n) is 8.14. The summed E-state index contributed by atoms with van der Waals surface area (Å²) in [5.41, 5.74) is 0.778. The Morgan fingerprint density at radius 2 is 1.75 bits per heavy atom. The van der Waals surface area contributed by atoms with Gasteiger partial charge in [-0.05, 0) is 67.0 Å². The lowest BCUT2D eigenvalue weighted by Crippen LogP contribution is -2.41. The van der Waals surface area contributed by atoms with Crippen molar-refractivity contribution in [1.82, 2.24) is 4.98 Å². The van der Waals surface area contributed by atoms with Gasteiger partial charge in [-0.15, -0.1) is 0 Å². The predicted molar refractivity (Wildman–Crippen MR) is 94.5 cm³/mol.